The van der Waals surface area contributed by atoms with E-state index in [0.717, 1.165) is 55.6 Å². The number of amides is 3. The third-order valence-corrected chi connectivity index (χ3v) is 5.73. The molecule has 6 heteroatoms. The Morgan fingerprint density at radius 1 is 1.03 bits per heavy atom. The monoisotopic (exact) mass is 407 g/mol. The molecule has 0 saturated carbocycles. The summed E-state index contributed by atoms with van der Waals surface area (Å²) in [6.45, 7) is 2.08. The van der Waals surface area contributed by atoms with E-state index >= 15 is 0 Å². The third-order valence-electron chi connectivity index (χ3n) is 5.73. The number of anilines is 2. The molecule has 2 aromatic carbocycles. The highest BCUT2D eigenvalue weighted by Gasteiger charge is 2.21. The zero-order valence-corrected chi connectivity index (χ0v) is 17.2. The highest BCUT2D eigenvalue weighted by atomic mass is 16.5. The fraction of sp³-hybridized carbons (Fsp3) is 0.417. The van der Waals surface area contributed by atoms with Gasteiger partial charge in [-0.05, 0) is 61.4 Å². The van der Waals surface area contributed by atoms with Gasteiger partial charge in [-0.3, -0.25) is 9.69 Å². The van der Waals surface area contributed by atoms with Crippen LogP contribution in [0, 0.1) is 0 Å². The number of aryl methyl sites for hydroxylation is 1. The summed E-state index contributed by atoms with van der Waals surface area (Å²) in [7, 11) is 0. The van der Waals surface area contributed by atoms with E-state index in [4.69, 9.17) is 4.74 Å². The van der Waals surface area contributed by atoms with E-state index < -0.39 is 0 Å². The number of fused-ring (bicyclic) bond motifs is 1. The van der Waals surface area contributed by atoms with Crippen molar-refractivity contribution >= 4 is 23.3 Å². The van der Waals surface area contributed by atoms with Gasteiger partial charge in [-0.25, -0.2) is 4.79 Å². The van der Waals surface area contributed by atoms with E-state index in [0.29, 0.717) is 19.5 Å². The number of carbonyl (C=O) groups is 2. The molecule has 30 heavy (non-hydrogen) atoms. The molecule has 1 atom stereocenters. The molecule has 2 aliphatic rings. The third kappa shape index (κ3) is 5.19. The van der Waals surface area contributed by atoms with E-state index in [1.54, 1.807) is 0 Å². The van der Waals surface area contributed by atoms with Gasteiger partial charge >= 0.3 is 6.03 Å². The topological polar surface area (TPSA) is 70.7 Å². The molecule has 2 heterocycles. The number of urea groups is 1. The first-order chi connectivity index (χ1) is 14.7. The number of ether oxygens (including phenoxy) is 1. The SMILES string of the molecule is O=C(Cc1ccc(NC(=O)N2CCCCc3ccccc32)cc1)NCC1CCCO1. The summed E-state index contributed by atoms with van der Waals surface area (Å²) in [6.07, 6.45) is 5.62. The number of hydrogen-bond acceptors (Lipinski definition) is 3. The highest BCUT2D eigenvalue weighted by Crippen LogP contribution is 2.26. The lowest BCUT2D eigenvalue weighted by atomic mass is 10.1. The van der Waals surface area contributed by atoms with Crippen molar-refractivity contribution in [1.29, 1.82) is 0 Å². The first kappa shape index (κ1) is 20.4. The Bertz CT molecular complexity index is 876. The van der Waals surface area contributed by atoms with Crippen molar-refractivity contribution in [3.8, 4) is 0 Å². The van der Waals surface area contributed by atoms with Gasteiger partial charge in [0.15, 0.2) is 0 Å². The van der Waals surface area contributed by atoms with E-state index in [2.05, 4.69) is 16.7 Å². The molecule has 0 spiro atoms. The van der Waals surface area contributed by atoms with Gasteiger partial charge in [-0.2, -0.15) is 0 Å². The molecule has 2 aliphatic heterocycles. The normalized spacial score (nSPS) is 18.4. The predicted molar refractivity (Wildman–Crippen MR) is 118 cm³/mol. The summed E-state index contributed by atoms with van der Waals surface area (Å²) < 4.78 is 5.53. The highest BCUT2D eigenvalue weighted by molar-refractivity contribution is 6.02. The molecular formula is C24H29N3O3. The predicted octanol–water partition coefficient (Wildman–Crippen LogP) is 3.90. The van der Waals surface area contributed by atoms with Gasteiger partial charge in [0, 0.05) is 31.1 Å². The quantitative estimate of drug-likeness (QED) is 0.790. The van der Waals surface area contributed by atoms with Gasteiger partial charge in [0.1, 0.15) is 0 Å². The molecule has 4 rings (SSSR count). The largest absolute Gasteiger partial charge is 0.376 e. The number of benzene rings is 2. The van der Waals surface area contributed by atoms with Crippen LogP contribution in [-0.2, 0) is 22.4 Å². The maximum absolute atomic E-state index is 12.9. The van der Waals surface area contributed by atoms with Gasteiger partial charge in [0.2, 0.25) is 5.91 Å². The molecule has 0 radical (unpaired) electrons. The molecule has 0 aromatic heterocycles. The number of rotatable bonds is 5. The van der Waals surface area contributed by atoms with Crippen molar-refractivity contribution in [2.45, 2.75) is 44.6 Å². The Balaban J connectivity index is 1.32. The minimum Gasteiger partial charge on any atom is -0.376 e. The van der Waals surface area contributed by atoms with Crippen LogP contribution in [0.3, 0.4) is 0 Å². The Morgan fingerprint density at radius 2 is 1.87 bits per heavy atom. The molecule has 3 amide bonds. The van der Waals surface area contributed by atoms with Crippen molar-refractivity contribution < 1.29 is 14.3 Å². The van der Waals surface area contributed by atoms with Gasteiger partial charge in [0.05, 0.1) is 12.5 Å². The maximum Gasteiger partial charge on any atom is 0.326 e. The van der Waals surface area contributed by atoms with Crippen LogP contribution in [-0.4, -0.2) is 37.7 Å². The van der Waals surface area contributed by atoms with Crippen LogP contribution < -0.4 is 15.5 Å². The number of nitrogens with zero attached hydrogens (tertiary/aromatic N) is 1. The molecule has 6 nitrogen and oxygen atoms in total. The molecular weight excluding hydrogens is 378 g/mol. The fourth-order valence-corrected chi connectivity index (χ4v) is 4.08. The lowest BCUT2D eigenvalue weighted by molar-refractivity contribution is -0.120. The zero-order chi connectivity index (χ0) is 20.8. The van der Waals surface area contributed by atoms with E-state index in [9.17, 15) is 9.59 Å². The Morgan fingerprint density at radius 3 is 2.67 bits per heavy atom. The van der Waals surface area contributed by atoms with Crippen molar-refractivity contribution in [2.24, 2.45) is 0 Å². The van der Waals surface area contributed by atoms with Crippen LogP contribution in [0.4, 0.5) is 16.2 Å². The van der Waals surface area contributed by atoms with Crippen LogP contribution >= 0.6 is 0 Å². The molecule has 1 fully saturated rings. The van der Waals surface area contributed by atoms with Crippen LogP contribution in [0.5, 0.6) is 0 Å². The van der Waals surface area contributed by atoms with Crippen LogP contribution in [0.1, 0.15) is 36.8 Å². The summed E-state index contributed by atoms with van der Waals surface area (Å²) in [5.74, 6) is -0.0107. The smallest absolute Gasteiger partial charge is 0.326 e. The zero-order valence-electron chi connectivity index (χ0n) is 17.2. The summed E-state index contributed by atoms with van der Waals surface area (Å²) in [5, 5.41) is 5.93. The number of para-hydroxylation sites is 1. The maximum atomic E-state index is 12.9. The summed E-state index contributed by atoms with van der Waals surface area (Å²) in [6, 6.07) is 15.5. The summed E-state index contributed by atoms with van der Waals surface area (Å²) >= 11 is 0. The van der Waals surface area contributed by atoms with Crippen LogP contribution in [0.15, 0.2) is 48.5 Å². The second kappa shape index (κ2) is 9.76. The van der Waals surface area contributed by atoms with E-state index in [-0.39, 0.29) is 18.0 Å². The van der Waals surface area contributed by atoms with Gasteiger partial charge in [0.25, 0.3) is 0 Å². The van der Waals surface area contributed by atoms with E-state index in [1.165, 1.54) is 5.56 Å². The van der Waals surface area contributed by atoms with Crippen molar-refractivity contribution in [1.82, 2.24) is 5.32 Å². The standard InChI is InChI=1S/C24H29N3O3/c28-23(25-17-21-8-5-15-30-21)16-18-10-12-20(13-11-18)26-24(29)27-14-4-3-7-19-6-1-2-9-22(19)27/h1-2,6,9-13,21H,3-5,7-8,14-17H2,(H,25,28)(H,26,29). The minimum atomic E-state index is -0.119. The lowest BCUT2D eigenvalue weighted by Crippen LogP contribution is -2.35. The first-order valence-electron chi connectivity index (χ1n) is 10.8. The number of nitrogens with one attached hydrogen (secondary N) is 2. The van der Waals surface area contributed by atoms with Gasteiger partial charge in [-0.1, -0.05) is 30.3 Å². The molecule has 0 bridgehead atoms. The second-order valence-electron chi connectivity index (χ2n) is 7.98. The molecule has 1 saturated heterocycles. The Hall–Kier alpha value is -2.86. The molecule has 158 valence electrons. The Kier molecular flexibility index (Phi) is 6.64. The molecule has 0 aliphatic carbocycles. The summed E-state index contributed by atoms with van der Waals surface area (Å²) in [4.78, 5) is 26.9. The van der Waals surface area contributed by atoms with Crippen LogP contribution in [0.25, 0.3) is 0 Å². The summed E-state index contributed by atoms with van der Waals surface area (Å²) in [5.41, 5.74) is 3.85. The average Bonchev–Trinajstić information content (AvgIpc) is 3.19. The van der Waals surface area contributed by atoms with Gasteiger partial charge in [-0.15, -0.1) is 0 Å². The van der Waals surface area contributed by atoms with Gasteiger partial charge < -0.3 is 15.4 Å². The fourth-order valence-electron chi connectivity index (χ4n) is 4.08. The lowest BCUT2D eigenvalue weighted by Gasteiger charge is -2.23. The van der Waals surface area contributed by atoms with Crippen LogP contribution in [0.2, 0.25) is 0 Å². The van der Waals surface area contributed by atoms with Crippen molar-refractivity contribution in [2.75, 3.05) is 29.9 Å². The van der Waals surface area contributed by atoms with Crippen molar-refractivity contribution in [3.63, 3.8) is 0 Å². The minimum absolute atomic E-state index is 0.0107. The number of hydrogen-bond donors (Lipinski definition) is 2. The number of carbonyl (C=O) groups excluding carboxylic acids is 2. The molecule has 2 aromatic rings. The van der Waals surface area contributed by atoms with E-state index in [1.807, 2.05) is 47.4 Å². The Labute approximate surface area is 177 Å². The average molecular weight is 408 g/mol. The van der Waals surface area contributed by atoms with Crippen molar-refractivity contribution in [3.05, 3.63) is 59.7 Å². The second-order valence-corrected chi connectivity index (χ2v) is 7.98. The molecule has 2 N–H and O–H groups in total. The first-order valence-corrected chi connectivity index (χ1v) is 10.8. The molecule has 1 unspecified atom stereocenters.